The number of amides is 1. The molecule has 1 amide bonds. The summed E-state index contributed by atoms with van der Waals surface area (Å²) in [4.78, 5) is 16.5. The molecule has 0 radical (unpaired) electrons. The van der Waals surface area contributed by atoms with Gasteiger partial charge in [0.2, 0.25) is 5.91 Å². The topological polar surface area (TPSA) is 35.6 Å². The molecule has 3 aliphatic rings. The van der Waals surface area contributed by atoms with E-state index in [1.165, 1.54) is 38.5 Å². The van der Waals surface area contributed by atoms with Crippen LogP contribution in [0.25, 0.3) is 0 Å². The highest BCUT2D eigenvalue weighted by Crippen LogP contribution is 2.26. The molecule has 1 saturated heterocycles. The van der Waals surface area contributed by atoms with Gasteiger partial charge in [0.25, 0.3) is 0 Å². The number of rotatable bonds is 6. The Morgan fingerprint density at radius 3 is 2.74 bits per heavy atom. The monoisotopic (exact) mass is 265 g/mol. The summed E-state index contributed by atoms with van der Waals surface area (Å²) in [5.74, 6) is 1.06. The molecule has 1 atom stereocenters. The summed E-state index contributed by atoms with van der Waals surface area (Å²) < 4.78 is 0. The third-order valence-electron chi connectivity index (χ3n) is 4.72. The second-order valence-corrected chi connectivity index (χ2v) is 6.66. The van der Waals surface area contributed by atoms with E-state index in [0.29, 0.717) is 18.5 Å². The molecule has 0 spiro atoms. The molecular weight excluding hydrogens is 238 g/mol. The lowest BCUT2D eigenvalue weighted by Gasteiger charge is -2.33. The zero-order chi connectivity index (χ0) is 13.2. The van der Waals surface area contributed by atoms with Gasteiger partial charge in [-0.3, -0.25) is 9.69 Å². The first-order valence-corrected chi connectivity index (χ1v) is 7.94. The molecular formula is C15H27N3O. The van der Waals surface area contributed by atoms with Crippen molar-refractivity contribution < 1.29 is 4.79 Å². The first kappa shape index (κ1) is 13.4. The van der Waals surface area contributed by atoms with E-state index in [1.807, 2.05) is 11.9 Å². The number of hydrogen-bond donors (Lipinski definition) is 1. The molecule has 2 aliphatic carbocycles. The Morgan fingerprint density at radius 2 is 2.05 bits per heavy atom. The Hall–Kier alpha value is -0.610. The Kier molecular flexibility index (Phi) is 4.08. The maximum atomic E-state index is 12.1. The maximum Gasteiger partial charge on any atom is 0.236 e. The highest BCUT2D eigenvalue weighted by atomic mass is 16.2. The van der Waals surface area contributed by atoms with Crippen LogP contribution in [0.2, 0.25) is 0 Å². The van der Waals surface area contributed by atoms with Gasteiger partial charge in [-0.2, -0.15) is 0 Å². The molecule has 19 heavy (non-hydrogen) atoms. The molecule has 0 bridgehead atoms. The second kappa shape index (κ2) is 5.80. The fraction of sp³-hybridized carbons (Fsp3) is 0.933. The van der Waals surface area contributed by atoms with Crippen LogP contribution < -0.4 is 5.32 Å². The molecule has 0 aromatic rings. The molecule has 4 heteroatoms. The summed E-state index contributed by atoms with van der Waals surface area (Å²) in [6.07, 6.45) is 7.70. The molecule has 0 aromatic heterocycles. The van der Waals surface area contributed by atoms with Gasteiger partial charge in [-0.1, -0.05) is 0 Å². The van der Waals surface area contributed by atoms with Gasteiger partial charge in [0, 0.05) is 25.7 Å². The lowest BCUT2D eigenvalue weighted by atomic mass is 9.98. The van der Waals surface area contributed by atoms with Crippen molar-refractivity contribution in [3.8, 4) is 0 Å². The van der Waals surface area contributed by atoms with Gasteiger partial charge in [0.05, 0.1) is 6.54 Å². The summed E-state index contributed by atoms with van der Waals surface area (Å²) in [5, 5.41) is 3.63. The molecule has 1 N–H and O–H groups in total. The Bertz CT molecular complexity index is 325. The van der Waals surface area contributed by atoms with Crippen LogP contribution in [0, 0.1) is 5.92 Å². The molecule has 3 fully saturated rings. The predicted octanol–water partition coefficient (Wildman–Crippen LogP) is 1.07. The Labute approximate surface area is 116 Å². The van der Waals surface area contributed by atoms with E-state index in [1.54, 1.807) is 0 Å². The standard InChI is InChI=1S/C15H27N3O/c1-17(14-6-7-14)15(19)11-18-8-2-3-12(10-18)9-16-13-4-5-13/h12-14,16H,2-11H2,1H3. The minimum absolute atomic E-state index is 0.318. The third-order valence-corrected chi connectivity index (χ3v) is 4.72. The number of nitrogens with zero attached hydrogens (tertiary/aromatic N) is 2. The summed E-state index contributed by atoms with van der Waals surface area (Å²) in [6, 6.07) is 1.35. The van der Waals surface area contributed by atoms with Crippen molar-refractivity contribution in [3.05, 3.63) is 0 Å². The van der Waals surface area contributed by atoms with Crippen molar-refractivity contribution in [2.24, 2.45) is 5.92 Å². The van der Waals surface area contributed by atoms with Gasteiger partial charge in [-0.05, 0) is 57.5 Å². The van der Waals surface area contributed by atoms with E-state index >= 15 is 0 Å². The second-order valence-electron chi connectivity index (χ2n) is 6.66. The molecule has 1 heterocycles. The summed E-state index contributed by atoms with van der Waals surface area (Å²) in [5.41, 5.74) is 0. The van der Waals surface area contributed by atoms with Crippen LogP contribution in [0.3, 0.4) is 0 Å². The fourth-order valence-electron chi connectivity index (χ4n) is 3.05. The average molecular weight is 265 g/mol. The van der Waals surface area contributed by atoms with Gasteiger partial charge in [0.1, 0.15) is 0 Å². The van der Waals surface area contributed by atoms with E-state index < -0.39 is 0 Å². The SMILES string of the molecule is CN(C(=O)CN1CCCC(CNC2CC2)C1)C1CC1. The van der Waals surface area contributed by atoms with E-state index in [0.717, 1.165) is 31.6 Å². The first-order chi connectivity index (χ1) is 9.22. The van der Waals surface area contributed by atoms with Crippen LogP contribution in [-0.4, -0.2) is 61.0 Å². The summed E-state index contributed by atoms with van der Waals surface area (Å²) in [6.45, 7) is 3.98. The van der Waals surface area contributed by atoms with Crippen molar-refractivity contribution in [3.63, 3.8) is 0 Å². The Morgan fingerprint density at radius 1 is 1.26 bits per heavy atom. The van der Waals surface area contributed by atoms with Gasteiger partial charge in [0.15, 0.2) is 0 Å². The summed E-state index contributed by atoms with van der Waals surface area (Å²) in [7, 11) is 1.97. The van der Waals surface area contributed by atoms with Crippen LogP contribution in [0.4, 0.5) is 0 Å². The van der Waals surface area contributed by atoms with E-state index in [-0.39, 0.29) is 0 Å². The van der Waals surface area contributed by atoms with E-state index in [4.69, 9.17) is 0 Å². The Balaban J connectivity index is 1.40. The minimum Gasteiger partial charge on any atom is -0.342 e. The highest BCUT2D eigenvalue weighted by molar-refractivity contribution is 5.78. The lowest BCUT2D eigenvalue weighted by molar-refractivity contribution is -0.132. The van der Waals surface area contributed by atoms with Gasteiger partial charge >= 0.3 is 0 Å². The zero-order valence-electron chi connectivity index (χ0n) is 12.1. The molecule has 4 nitrogen and oxygen atoms in total. The minimum atomic E-state index is 0.318. The van der Waals surface area contributed by atoms with Crippen LogP contribution >= 0.6 is 0 Å². The van der Waals surface area contributed by atoms with Crippen molar-refractivity contribution >= 4 is 5.91 Å². The molecule has 0 aromatic carbocycles. The summed E-state index contributed by atoms with van der Waals surface area (Å²) >= 11 is 0. The molecule has 2 saturated carbocycles. The largest absolute Gasteiger partial charge is 0.342 e. The number of piperidine rings is 1. The van der Waals surface area contributed by atoms with Crippen LogP contribution in [0.15, 0.2) is 0 Å². The predicted molar refractivity (Wildman–Crippen MR) is 76.0 cm³/mol. The third kappa shape index (κ3) is 3.93. The molecule has 3 rings (SSSR count). The molecule has 108 valence electrons. The number of likely N-dealkylation sites (N-methyl/N-ethyl adjacent to an activating group) is 1. The number of nitrogens with one attached hydrogen (secondary N) is 1. The molecule has 1 unspecified atom stereocenters. The van der Waals surface area contributed by atoms with Crippen molar-refractivity contribution in [1.82, 2.24) is 15.1 Å². The van der Waals surface area contributed by atoms with Crippen LogP contribution in [0.1, 0.15) is 38.5 Å². The van der Waals surface area contributed by atoms with E-state index in [2.05, 4.69) is 10.2 Å². The number of carbonyl (C=O) groups is 1. The molecule has 1 aliphatic heterocycles. The fourth-order valence-corrected chi connectivity index (χ4v) is 3.05. The number of likely N-dealkylation sites (tertiary alicyclic amines) is 1. The normalized spacial score (nSPS) is 28.4. The van der Waals surface area contributed by atoms with Gasteiger partial charge in [-0.25, -0.2) is 0 Å². The van der Waals surface area contributed by atoms with Crippen molar-refractivity contribution in [2.75, 3.05) is 33.2 Å². The van der Waals surface area contributed by atoms with Gasteiger partial charge < -0.3 is 10.2 Å². The smallest absolute Gasteiger partial charge is 0.236 e. The number of hydrogen-bond acceptors (Lipinski definition) is 3. The van der Waals surface area contributed by atoms with Crippen molar-refractivity contribution in [1.29, 1.82) is 0 Å². The average Bonchev–Trinajstić information content (AvgIpc) is 3.29. The first-order valence-electron chi connectivity index (χ1n) is 7.94. The van der Waals surface area contributed by atoms with Crippen molar-refractivity contribution in [2.45, 2.75) is 50.6 Å². The van der Waals surface area contributed by atoms with Crippen LogP contribution in [-0.2, 0) is 4.79 Å². The maximum absolute atomic E-state index is 12.1. The zero-order valence-corrected chi connectivity index (χ0v) is 12.1. The number of carbonyl (C=O) groups excluding carboxylic acids is 1. The van der Waals surface area contributed by atoms with Crippen LogP contribution in [0.5, 0.6) is 0 Å². The lowest BCUT2D eigenvalue weighted by Crippen LogP contribution is -2.45. The quantitative estimate of drug-likeness (QED) is 0.780. The van der Waals surface area contributed by atoms with Gasteiger partial charge in [-0.15, -0.1) is 0 Å². The van der Waals surface area contributed by atoms with E-state index in [9.17, 15) is 4.79 Å². The highest BCUT2D eigenvalue weighted by Gasteiger charge is 2.31.